The molecule has 2 amide bonds. The summed E-state index contributed by atoms with van der Waals surface area (Å²) in [7, 11) is 0. The smallest absolute Gasteiger partial charge is 0.315 e. The van der Waals surface area contributed by atoms with Crippen molar-refractivity contribution in [1.29, 1.82) is 0 Å². The first-order chi connectivity index (χ1) is 18.8. The van der Waals surface area contributed by atoms with E-state index in [0.717, 1.165) is 25.7 Å². The topological polar surface area (TPSA) is 41.1 Å². The highest BCUT2D eigenvalue weighted by Crippen LogP contribution is 2.45. The first-order valence-corrected chi connectivity index (χ1v) is 14.0. The zero-order valence-corrected chi connectivity index (χ0v) is 21.7. The van der Waals surface area contributed by atoms with E-state index in [1.165, 1.54) is 22.3 Å². The Morgan fingerprint density at radius 2 is 0.658 bits per heavy atom. The van der Waals surface area contributed by atoms with Crippen LogP contribution in [0.4, 0.5) is 4.79 Å². The Bertz CT molecular complexity index is 1110. The quantitative estimate of drug-likeness (QED) is 0.279. The third-order valence-corrected chi connectivity index (χ3v) is 8.82. The number of nitrogens with one attached hydrogen (secondary N) is 2. The summed E-state index contributed by atoms with van der Waals surface area (Å²) < 4.78 is 0. The van der Waals surface area contributed by atoms with Gasteiger partial charge in [0.2, 0.25) is 0 Å². The Balaban J connectivity index is 1.27. The molecule has 3 heteroatoms. The zero-order chi connectivity index (χ0) is 25.7. The van der Waals surface area contributed by atoms with Gasteiger partial charge in [-0.1, -0.05) is 121 Å². The van der Waals surface area contributed by atoms with Gasteiger partial charge in [-0.3, -0.25) is 0 Å². The van der Waals surface area contributed by atoms with Crippen LogP contribution in [0.5, 0.6) is 0 Å². The summed E-state index contributed by atoms with van der Waals surface area (Å²) >= 11 is 0. The number of rotatable bonds is 6. The summed E-state index contributed by atoms with van der Waals surface area (Å²) in [5, 5.41) is 6.99. The van der Waals surface area contributed by atoms with Crippen molar-refractivity contribution in [2.75, 3.05) is 0 Å². The first-order valence-electron chi connectivity index (χ1n) is 14.0. The lowest BCUT2D eigenvalue weighted by atomic mass is 9.87. The van der Waals surface area contributed by atoms with Gasteiger partial charge in [-0.25, -0.2) is 4.79 Å². The van der Waals surface area contributed by atoms with Gasteiger partial charge in [-0.15, -0.1) is 0 Å². The predicted molar refractivity (Wildman–Crippen MR) is 154 cm³/mol. The van der Waals surface area contributed by atoms with Gasteiger partial charge in [0.25, 0.3) is 0 Å². The van der Waals surface area contributed by atoms with Gasteiger partial charge in [0.1, 0.15) is 0 Å². The molecule has 192 valence electrons. The highest BCUT2D eigenvalue weighted by molar-refractivity contribution is 5.75. The monoisotopic (exact) mass is 500 g/mol. The second kappa shape index (κ2) is 11.3. The molecular weight excluding hydrogens is 464 g/mol. The van der Waals surface area contributed by atoms with E-state index < -0.39 is 0 Å². The highest BCUT2D eigenvalue weighted by atomic mass is 16.2. The summed E-state index contributed by atoms with van der Waals surface area (Å²) in [6.45, 7) is 0. The number of hydrogen-bond donors (Lipinski definition) is 2. The lowest BCUT2D eigenvalue weighted by molar-refractivity contribution is 0.228. The van der Waals surface area contributed by atoms with Crippen molar-refractivity contribution in [2.45, 2.75) is 61.4 Å². The van der Waals surface area contributed by atoms with E-state index in [4.69, 9.17) is 0 Å². The van der Waals surface area contributed by atoms with Crippen LogP contribution in [-0.2, 0) is 0 Å². The van der Waals surface area contributed by atoms with Crippen LogP contribution in [-0.4, -0.2) is 18.1 Å². The van der Waals surface area contributed by atoms with Gasteiger partial charge in [0, 0.05) is 35.8 Å². The molecule has 0 heterocycles. The molecule has 2 aliphatic carbocycles. The van der Waals surface area contributed by atoms with Crippen molar-refractivity contribution in [3.8, 4) is 0 Å². The van der Waals surface area contributed by atoms with Crippen molar-refractivity contribution >= 4 is 6.03 Å². The third-order valence-electron chi connectivity index (χ3n) is 8.82. The van der Waals surface area contributed by atoms with Crippen LogP contribution >= 0.6 is 0 Å². The second-order valence-corrected chi connectivity index (χ2v) is 10.9. The number of hydrogen-bond acceptors (Lipinski definition) is 1. The first kappa shape index (κ1) is 24.5. The third kappa shape index (κ3) is 5.11. The van der Waals surface area contributed by atoms with Gasteiger partial charge in [-0.05, 0) is 47.9 Å². The molecule has 3 nitrogen and oxygen atoms in total. The van der Waals surface area contributed by atoms with Gasteiger partial charge in [0.05, 0.1) is 0 Å². The SMILES string of the molecule is O=C(NC1[C@@H](c2ccccc2)CC[C@@H]1c1ccccc1)NC1[C@@H](c2ccccc2)CC[C@@H]1c1ccccc1. The van der Waals surface area contributed by atoms with Gasteiger partial charge >= 0.3 is 6.03 Å². The van der Waals surface area contributed by atoms with Crippen molar-refractivity contribution in [3.05, 3.63) is 144 Å². The minimum absolute atomic E-state index is 0.0477. The van der Waals surface area contributed by atoms with Crippen LogP contribution in [0.2, 0.25) is 0 Å². The Kier molecular flexibility index (Phi) is 7.26. The van der Waals surface area contributed by atoms with Crippen LogP contribution < -0.4 is 10.6 Å². The fourth-order valence-electron chi connectivity index (χ4n) is 7.04. The molecule has 2 saturated carbocycles. The summed E-state index contributed by atoms with van der Waals surface area (Å²) in [6, 6.07) is 42.8. The predicted octanol–water partition coefficient (Wildman–Crippen LogP) is 7.75. The normalized spacial score (nSPS) is 23.8. The Morgan fingerprint density at radius 1 is 0.421 bits per heavy atom. The van der Waals surface area contributed by atoms with Crippen molar-refractivity contribution in [3.63, 3.8) is 0 Å². The van der Waals surface area contributed by atoms with Crippen molar-refractivity contribution in [1.82, 2.24) is 10.6 Å². The summed E-state index contributed by atoms with van der Waals surface area (Å²) in [5.74, 6) is 1.19. The molecule has 4 aromatic rings. The number of carbonyl (C=O) groups excluding carboxylic acids is 1. The van der Waals surface area contributed by atoms with E-state index in [0.29, 0.717) is 23.7 Å². The molecule has 2 N–H and O–H groups in total. The van der Waals surface area contributed by atoms with Gasteiger partial charge < -0.3 is 10.6 Å². The molecule has 2 fully saturated rings. The van der Waals surface area contributed by atoms with Crippen LogP contribution in [0, 0.1) is 0 Å². The van der Waals surface area contributed by atoms with E-state index in [2.05, 4.69) is 132 Å². The molecule has 0 aromatic heterocycles. The van der Waals surface area contributed by atoms with E-state index >= 15 is 0 Å². The summed E-state index contributed by atoms with van der Waals surface area (Å²) in [6.07, 6.45) is 4.27. The Labute approximate surface area is 226 Å². The minimum Gasteiger partial charge on any atom is -0.334 e. The zero-order valence-electron chi connectivity index (χ0n) is 21.7. The molecule has 0 aliphatic heterocycles. The lowest BCUT2D eigenvalue weighted by Crippen LogP contribution is -2.50. The van der Waals surface area contributed by atoms with Crippen molar-refractivity contribution in [2.24, 2.45) is 0 Å². The molecule has 0 spiro atoms. The number of amides is 2. The lowest BCUT2D eigenvalue weighted by Gasteiger charge is -2.31. The summed E-state index contributed by atoms with van der Waals surface area (Å²) in [5.41, 5.74) is 5.23. The molecule has 0 bridgehead atoms. The maximum absolute atomic E-state index is 13.8. The molecule has 38 heavy (non-hydrogen) atoms. The van der Waals surface area contributed by atoms with Gasteiger partial charge in [0.15, 0.2) is 0 Å². The molecule has 0 unspecified atom stereocenters. The molecule has 6 rings (SSSR count). The molecule has 4 atom stereocenters. The van der Waals surface area contributed by atoms with E-state index in [1.54, 1.807) is 0 Å². The maximum atomic E-state index is 13.8. The maximum Gasteiger partial charge on any atom is 0.315 e. The molecule has 4 aromatic carbocycles. The summed E-state index contributed by atoms with van der Waals surface area (Å²) in [4.78, 5) is 13.8. The number of carbonyl (C=O) groups is 1. The minimum atomic E-state index is -0.0486. The van der Waals surface area contributed by atoms with Crippen LogP contribution in [0.3, 0.4) is 0 Å². The van der Waals surface area contributed by atoms with E-state index in [1.807, 2.05) is 0 Å². The second-order valence-electron chi connectivity index (χ2n) is 10.9. The fourth-order valence-corrected chi connectivity index (χ4v) is 7.04. The van der Waals surface area contributed by atoms with Crippen LogP contribution in [0.1, 0.15) is 71.6 Å². The average Bonchev–Trinajstić information content (AvgIpc) is 3.59. The van der Waals surface area contributed by atoms with Crippen LogP contribution in [0.15, 0.2) is 121 Å². The van der Waals surface area contributed by atoms with E-state index in [-0.39, 0.29) is 18.1 Å². The molecule has 0 radical (unpaired) electrons. The van der Waals surface area contributed by atoms with Crippen molar-refractivity contribution < 1.29 is 4.79 Å². The Morgan fingerprint density at radius 3 is 0.895 bits per heavy atom. The Hall–Kier alpha value is -3.85. The van der Waals surface area contributed by atoms with E-state index in [9.17, 15) is 4.79 Å². The number of urea groups is 1. The molecule has 0 saturated heterocycles. The standard InChI is InChI=1S/C35H36N2O/c38-35(36-33-29(25-13-5-1-6-14-25)21-22-30(33)26-15-7-2-8-16-26)37-34-31(27-17-9-3-10-18-27)23-24-32(34)28-19-11-4-12-20-28/h1-20,29-34H,21-24H2,(H2,36,37,38)/t29-,30-,31-,32-/m1/s1. The number of benzene rings is 4. The fraction of sp³-hybridized carbons (Fsp3) is 0.286. The average molecular weight is 501 g/mol. The van der Waals surface area contributed by atoms with Gasteiger partial charge in [-0.2, -0.15) is 0 Å². The molecular formula is C35H36N2O. The largest absolute Gasteiger partial charge is 0.334 e. The van der Waals surface area contributed by atoms with Crippen LogP contribution in [0.25, 0.3) is 0 Å². The molecule has 2 aliphatic rings. The highest BCUT2D eigenvalue weighted by Gasteiger charge is 2.41.